The summed E-state index contributed by atoms with van der Waals surface area (Å²) in [6.07, 6.45) is 3.29. The van der Waals surface area contributed by atoms with Crippen LogP contribution in [0, 0.1) is 0 Å². The van der Waals surface area contributed by atoms with Gasteiger partial charge in [0.05, 0.1) is 37.6 Å². The van der Waals surface area contributed by atoms with Gasteiger partial charge in [0.1, 0.15) is 0 Å². The largest absolute Gasteiger partial charge is 0.392 e. The topological polar surface area (TPSA) is 74.7 Å². The van der Waals surface area contributed by atoms with E-state index in [0.29, 0.717) is 17.9 Å². The van der Waals surface area contributed by atoms with Crippen molar-refractivity contribution in [3.8, 4) is 0 Å². The van der Waals surface area contributed by atoms with E-state index in [0.717, 1.165) is 19.6 Å². The first-order chi connectivity index (χ1) is 12.2. The third-order valence-electron chi connectivity index (χ3n) is 4.24. The zero-order valence-corrected chi connectivity index (χ0v) is 14.1. The lowest BCUT2D eigenvalue weighted by Gasteiger charge is -2.32. The van der Waals surface area contributed by atoms with E-state index in [1.54, 1.807) is 18.5 Å². The quantitative estimate of drug-likeness (QED) is 0.838. The second-order valence-electron chi connectivity index (χ2n) is 6.16. The molecule has 1 aliphatic rings. The van der Waals surface area contributed by atoms with Crippen molar-refractivity contribution in [2.45, 2.75) is 25.7 Å². The van der Waals surface area contributed by atoms with Crippen LogP contribution in [0.25, 0.3) is 0 Å². The second-order valence-corrected chi connectivity index (χ2v) is 6.16. The Morgan fingerprint density at radius 2 is 2.16 bits per heavy atom. The van der Waals surface area contributed by atoms with E-state index in [9.17, 15) is 9.90 Å². The molecule has 0 saturated carbocycles. The summed E-state index contributed by atoms with van der Waals surface area (Å²) in [5, 5.41) is 12.1. The minimum absolute atomic E-state index is 0.130. The summed E-state index contributed by atoms with van der Waals surface area (Å²) in [4.78, 5) is 18.6. The molecule has 0 spiro atoms. The van der Waals surface area contributed by atoms with E-state index >= 15 is 0 Å². The minimum Gasteiger partial charge on any atom is -0.392 e. The number of amides is 1. The highest BCUT2D eigenvalue weighted by atomic mass is 16.5. The summed E-state index contributed by atoms with van der Waals surface area (Å²) in [6, 6.07) is 12.0. The van der Waals surface area contributed by atoms with Crippen LogP contribution in [0.3, 0.4) is 0 Å². The molecule has 1 saturated heterocycles. The van der Waals surface area contributed by atoms with Gasteiger partial charge >= 0.3 is 0 Å². The van der Waals surface area contributed by atoms with Gasteiger partial charge in [-0.25, -0.2) is 0 Å². The molecule has 1 aromatic carbocycles. The molecule has 0 aliphatic carbocycles. The Morgan fingerprint density at radius 3 is 2.96 bits per heavy atom. The van der Waals surface area contributed by atoms with Gasteiger partial charge in [-0.2, -0.15) is 0 Å². The maximum absolute atomic E-state index is 12.3. The van der Waals surface area contributed by atoms with Crippen LogP contribution in [0.4, 0.5) is 5.69 Å². The lowest BCUT2D eigenvalue weighted by molar-refractivity contribution is -0.121. The summed E-state index contributed by atoms with van der Waals surface area (Å²) in [7, 11) is 0. The van der Waals surface area contributed by atoms with Gasteiger partial charge in [0.25, 0.3) is 0 Å². The smallest absolute Gasteiger partial charge is 0.227 e. The van der Waals surface area contributed by atoms with Crippen molar-refractivity contribution in [3.63, 3.8) is 0 Å². The average Bonchev–Trinajstić information content (AvgIpc) is 2.63. The predicted octanol–water partition coefficient (Wildman–Crippen LogP) is 1.80. The fraction of sp³-hybridized carbons (Fsp3) is 0.368. The van der Waals surface area contributed by atoms with Gasteiger partial charge in [-0.05, 0) is 11.6 Å². The summed E-state index contributed by atoms with van der Waals surface area (Å²) in [5.41, 5.74) is 2.46. The van der Waals surface area contributed by atoms with E-state index in [1.165, 1.54) is 5.56 Å². The van der Waals surface area contributed by atoms with Gasteiger partial charge in [0.2, 0.25) is 5.91 Å². The van der Waals surface area contributed by atoms with Gasteiger partial charge in [0, 0.05) is 31.4 Å². The number of benzene rings is 1. The molecule has 1 aliphatic heterocycles. The maximum atomic E-state index is 12.3. The molecule has 2 N–H and O–H groups in total. The molecule has 3 rings (SSSR count). The number of carbonyl (C=O) groups excluding carboxylic acids is 1. The number of hydrogen-bond donors (Lipinski definition) is 2. The SMILES string of the molecule is O=C(C[C@H]1CN(Cc2ccccc2)CCO1)Nc1cnccc1CO. The van der Waals surface area contributed by atoms with E-state index < -0.39 is 0 Å². The van der Waals surface area contributed by atoms with Crippen molar-refractivity contribution in [1.82, 2.24) is 9.88 Å². The molecule has 6 nitrogen and oxygen atoms in total. The summed E-state index contributed by atoms with van der Waals surface area (Å²) in [5.74, 6) is -0.130. The first-order valence-corrected chi connectivity index (χ1v) is 8.46. The highest BCUT2D eigenvalue weighted by molar-refractivity contribution is 5.91. The van der Waals surface area contributed by atoms with Crippen LogP contribution >= 0.6 is 0 Å². The number of ether oxygens (including phenoxy) is 1. The van der Waals surface area contributed by atoms with Gasteiger partial charge in [-0.3, -0.25) is 14.7 Å². The first-order valence-electron chi connectivity index (χ1n) is 8.46. The van der Waals surface area contributed by atoms with Gasteiger partial charge in [-0.1, -0.05) is 30.3 Å². The Labute approximate surface area is 147 Å². The lowest BCUT2D eigenvalue weighted by Crippen LogP contribution is -2.43. The third kappa shape index (κ3) is 5.09. The molecular weight excluding hydrogens is 318 g/mol. The van der Waals surface area contributed by atoms with Gasteiger partial charge in [-0.15, -0.1) is 0 Å². The minimum atomic E-state index is -0.136. The summed E-state index contributed by atoms with van der Waals surface area (Å²) in [6.45, 7) is 2.94. The van der Waals surface area contributed by atoms with Crippen LogP contribution in [0.2, 0.25) is 0 Å². The number of aromatic nitrogens is 1. The molecule has 1 atom stereocenters. The molecule has 132 valence electrons. The molecule has 0 bridgehead atoms. The second kappa shape index (κ2) is 8.71. The molecule has 1 fully saturated rings. The van der Waals surface area contributed by atoms with Crippen LogP contribution in [0.5, 0.6) is 0 Å². The van der Waals surface area contributed by atoms with E-state index in [4.69, 9.17) is 4.74 Å². The molecule has 1 amide bonds. The van der Waals surface area contributed by atoms with E-state index in [2.05, 4.69) is 27.3 Å². The van der Waals surface area contributed by atoms with Gasteiger partial charge < -0.3 is 15.2 Å². The van der Waals surface area contributed by atoms with Crippen molar-refractivity contribution in [2.75, 3.05) is 25.0 Å². The van der Waals surface area contributed by atoms with Crippen LogP contribution in [-0.2, 0) is 22.7 Å². The normalized spacial score (nSPS) is 18.0. The number of carbonyl (C=O) groups is 1. The van der Waals surface area contributed by atoms with Gasteiger partial charge in [0.15, 0.2) is 0 Å². The van der Waals surface area contributed by atoms with Crippen molar-refractivity contribution >= 4 is 11.6 Å². The highest BCUT2D eigenvalue weighted by Gasteiger charge is 2.23. The molecule has 1 aromatic heterocycles. The van der Waals surface area contributed by atoms with E-state index in [1.807, 2.05) is 18.2 Å². The van der Waals surface area contributed by atoms with Crippen molar-refractivity contribution < 1.29 is 14.6 Å². The number of hydrogen-bond acceptors (Lipinski definition) is 5. The third-order valence-corrected chi connectivity index (χ3v) is 4.24. The molecule has 25 heavy (non-hydrogen) atoms. The Bertz CT molecular complexity index is 693. The molecule has 2 aromatic rings. The molecule has 0 radical (unpaired) electrons. The number of aliphatic hydroxyl groups is 1. The monoisotopic (exact) mass is 341 g/mol. The molecule has 2 heterocycles. The Hall–Kier alpha value is -2.28. The fourth-order valence-corrected chi connectivity index (χ4v) is 2.97. The van der Waals surface area contributed by atoms with Crippen molar-refractivity contribution in [1.29, 1.82) is 0 Å². The van der Waals surface area contributed by atoms with Crippen molar-refractivity contribution in [3.05, 3.63) is 59.9 Å². The van der Waals surface area contributed by atoms with E-state index in [-0.39, 0.29) is 25.0 Å². The maximum Gasteiger partial charge on any atom is 0.227 e. The number of nitrogens with one attached hydrogen (secondary N) is 1. The van der Waals surface area contributed by atoms with Crippen LogP contribution in [0.15, 0.2) is 48.8 Å². The number of anilines is 1. The fourth-order valence-electron chi connectivity index (χ4n) is 2.97. The molecule has 0 unspecified atom stereocenters. The zero-order chi connectivity index (χ0) is 17.5. The first kappa shape index (κ1) is 17.5. The number of morpholine rings is 1. The number of pyridine rings is 1. The van der Waals surface area contributed by atoms with Crippen molar-refractivity contribution in [2.24, 2.45) is 0 Å². The predicted molar refractivity (Wildman–Crippen MR) is 94.9 cm³/mol. The average molecular weight is 341 g/mol. The molecule has 6 heteroatoms. The lowest BCUT2D eigenvalue weighted by atomic mass is 10.1. The van der Waals surface area contributed by atoms with Crippen LogP contribution in [0.1, 0.15) is 17.5 Å². The standard InChI is InChI=1S/C19H23N3O3/c23-14-16-6-7-20-11-18(16)21-19(24)10-17-13-22(8-9-25-17)12-15-4-2-1-3-5-15/h1-7,11,17,23H,8-10,12-14H2,(H,21,24)/t17-/m0/s1. The Balaban J connectivity index is 1.52. The Kier molecular flexibility index (Phi) is 6.11. The summed E-state index contributed by atoms with van der Waals surface area (Å²) < 4.78 is 5.74. The number of rotatable bonds is 6. The Morgan fingerprint density at radius 1 is 1.32 bits per heavy atom. The number of aliphatic hydroxyl groups excluding tert-OH is 1. The summed E-state index contributed by atoms with van der Waals surface area (Å²) >= 11 is 0. The van der Waals surface area contributed by atoms with Crippen LogP contribution in [-0.4, -0.2) is 46.7 Å². The van der Waals surface area contributed by atoms with Crippen LogP contribution < -0.4 is 5.32 Å². The molecular formula is C19H23N3O3. The number of nitrogens with zero attached hydrogens (tertiary/aromatic N) is 2. The highest BCUT2D eigenvalue weighted by Crippen LogP contribution is 2.16. The zero-order valence-electron chi connectivity index (χ0n) is 14.1.